The first-order valence-corrected chi connectivity index (χ1v) is 10.8. The molecule has 5 nitrogen and oxygen atoms in total. The van der Waals surface area contributed by atoms with Crippen LogP contribution in [-0.2, 0) is 12.8 Å². The van der Waals surface area contributed by atoms with Crippen LogP contribution in [-0.4, -0.2) is 31.0 Å². The van der Waals surface area contributed by atoms with E-state index in [2.05, 4.69) is 50.7 Å². The molecule has 4 aromatic rings. The van der Waals surface area contributed by atoms with Crippen molar-refractivity contribution < 1.29 is 0 Å². The predicted octanol–water partition coefficient (Wildman–Crippen LogP) is 5.09. The first-order chi connectivity index (χ1) is 13.2. The average Bonchev–Trinajstić information content (AvgIpc) is 3.07. The number of aromatic nitrogens is 5. The molecule has 0 unspecified atom stereocenters. The first kappa shape index (κ1) is 18.3. The summed E-state index contributed by atoms with van der Waals surface area (Å²) in [5.74, 6) is 1.49. The fourth-order valence-electron chi connectivity index (χ4n) is 2.73. The SMILES string of the molecule is CSc1ccc2cc(CSc3nnc(-c4ccncc4)n3C)c(Cl)nc2c1. The summed E-state index contributed by atoms with van der Waals surface area (Å²) in [6.45, 7) is 0. The second-order valence-corrected chi connectivity index (χ2v) is 8.07. The Bertz CT molecular complexity index is 1100. The highest BCUT2D eigenvalue weighted by Gasteiger charge is 2.13. The summed E-state index contributed by atoms with van der Waals surface area (Å²) in [5, 5.41) is 11.1. The van der Waals surface area contributed by atoms with Crippen LogP contribution in [0.1, 0.15) is 5.56 Å². The minimum Gasteiger partial charge on any atom is -0.305 e. The molecule has 0 fully saturated rings. The monoisotopic (exact) mass is 413 g/mol. The van der Waals surface area contributed by atoms with E-state index < -0.39 is 0 Å². The van der Waals surface area contributed by atoms with E-state index in [1.54, 1.807) is 35.9 Å². The quantitative estimate of drug-likeness (QED) is 0.335. The maximum Gasteiger partial charge on any atom is 0.191 e. The highest BCUT2D eigenvalue weighted by atomic mass is 35.5. The molecule has 3 heterocycles. The van der Waals surface area contributed by atoms with Crippen LogP contribution in [0, 0.1) is 0 Å². The average molecular weight is 414 g/mol. The van der Waals surface area contributed by atoms with Crippen LogP contribution in [0.15, 0.2) is 58.8 Å². The lowest BCUT2D eigenvalue weighted by molar-refractivity contribution is 0.793. The van der Waals surface area contributed by atoms with Crippen LogP contribution in [0.3, 0.4) is 0 Å². The molecule has 1 aromatic carbocycles. The summed E-state index contributed by atoms with van der Waals surface area (Å²) < 4.78 is 1.98. The molecule has 0 aliphatic heterocycles. The van der Waals surface area contributed by atoms with Crippen molar-refractivity contribution in [2.45, 2.75) is 15.8 Å². The minimum absolute atomic E-state index is 0.532. The van der Waals surface area contributed by atoms with Crippen molar-refractivity contribution in [1.29, 1.82) is 0 Å². The number of hydrogen-bond acceptors (Lipinski definition) is 6. The number of halogens is 1. The van der Waals surface area contributed by atoms with Crippen LogP contribution < -0.4 is 0 Å². The van der Waals surface area contributed by atoms with Crippen molar-refractivity contribution in [3.8, 4) is 11.4 Å². The third-order valence-corrected chi connectivity index (χ3v) is 6.30. The molecular weight excluding hydrogens is 398 g/mol. The highest BCUT2D eigenvalue weighted by molar-refractivity contribution is 7.98. The van der Waals surface area contributed by atoms with E-state index in [4.69, 9.17) is 11.6 Å². The number of rotatable bonds is 5. The number of nitrogens with zero attached hydrogens (tertiary/aromatic N) is 5. The van der Waals surface area contributed by atoms with Crippen molar-refractivity contribution in [1.82, 2.24) is 24.7 Å². The summed E-state index contributed by atoms with van der Waals surface area (Å²) in [7, 11) is 1.96. The first-order valence-electron chi connectivity index (χ1n) is 8.21. The van der Waals surface area contributed by atoms with Crippen LogP contribution in [0.5, 0.6) is 0 Å². The maximum absolute atomic E-state index is 6.42. The molecule has 0 saturated carbocycles. The molecule has 0 aliphatic rings. The van der Waals surface area contributed by atoms with Crippen molar-refractivity contribution >= 4 is 46.0 Å². The standard InChI is InChI=1S/C19H16ClN5S2/c1-25-18(12-5-7-21-8-6-12)23-24-19(25)27-11-14-9-13-3-4-15(26-2)10-16(13)22-17(14)20/h3-10H,11H2,1-2H3. The Morgan fingerprint density at radius 1 is 1.07 bits per heavy atom. The topological polar surface area (TPSA) is 56.5 Å². The molecule has 27 heavy (non-hydrogen) atoms. The summed E-state index contributed by atoms with van der Waals surface area (Å²) in [4.78, 5) is 9.78. The van der Waals surface area contributed by atoms with E-state index >= 15 is 0 Å². The summed E-state index contributed by atoms with van der Waals surface area (Å²) in [5.41, 5.74) is 2.89. The Labute approximate surface area is 170 Å². The second kappa shape index (κ2) is 7.88. The van der Waals surface area contributed by atoms with E-state index in [0.717, 1.165) is 33.0 Å². The fourth-order valence-corrected chi connectivity index (χ4v) is 4.34. The zero-order chi connectivity index (χ0) is 18.8. The van der Waals surface area contributed by atoms with E-state index in [0.29, 0.717) is 10.9 Å². The molecule has 0 N–H and O–H groups in total. The van der Waals surface area contributed by atoms with Crippen molar-refractivity contribution in [2.75, 3.05) is 6.26 Å². The zero-order valence-electron chi connectivity index (χ0n) is 14.8. The van der Waals surface area contributed by atoms with Gasteiger partial charge in [0.1, 0.15) is 5.15 Å². The molecule has 4 rings (SSSR count). The Kier molecular flexibility index (Phi) is 5.33. The Morgan fingerprint density at radius 2 is 1.89 bits per heavy atom. The molecule has 0 aliphatic carbocycles. The van der Waals surface area contributed by atoms with E-state index in [1.165, 1.54) is 4.90 Å². The molecule has 0 radical (unpaired) electrons. The lowest BCUT2D eigenvalue weighted by Gasteiger charge is -2.07. The fraction of sp³-hybridized carbons (Fsp3) is 0.158. The Balaban J connectivity index is 1.57. The van der Waals surface area contributed by atoms with Gasteiger partial charge in [0.15, 0.2) is 11.0 Å². The molecule has 3 aromatic heterocycles. The molecule has 0 atom stereocenters. The molecule has 136 valence electrons. The molecule has 0 amide bonds. The number of pyridine rings is 2. The van der Waals surface area contributed by atoms with Gasteiger partial charge >= 0.3 is 0 Å². The number of hydrogen-bond donors (Lipinski definition) is 0. The third kappa shape index (κ3) is 3.81. The summed E-state index contributed by atoms with van der Waals surface area (Å²) >= 11 is 9.71. The van der Waals surface area contributed by atoms with Gasteiger partial charge in [0, 0.05) is 46.6 Å². The summed E-state index contributed by atoms with van der Waals surface area (Å²) in [6, 6.07) is 12.2. The van der Waals surface area contributed by atoms with Crippen molar-refractivity contribution in [3.05, 3.63) is 59.5 Å². The predicted molar refractivity (Wildman–Crippen MR) is 112 cm³/mol. The van der Waals surface area contributed by atoms with Gasteiger partial charge in [-0.1, -0.05) is 29.4 Å². The number of fused-ring (bicyclic) bond motifs is 1. The lowest BCUT2D eigenvalue weighted by Crippen LogP contribution is -1.96. The van der Waals surface area contributed by atoms with Gasteiger partial charge in [-0.05, 0) is 36.6 Å². The van der Waals surface area contributed by atoms with Gasteiger partial charge in [0.25, 0.3) is 0 Å². The van der Waals surface area contributed by atoms with Crippen molar-refractivity contribution in [2.24, 2.45) is 7.05 Å². The minimum atomic E-state index is 0.532. The number of benzene rings is 1. The molecular formula is C19H16ClN5S2. The maximum atomic E-state index is 6.42. The van der Waals surface area contributed by atoms with Gasteiger partial charge < -0.3 is 4.57 Å². The van der Waals surface area contributed by atoms with E-state index in [9.17, 15) is 0 Å². The Hall–Kier alpha value is -2.09. The Morgan fingerprint density at radius 3 is 2.67 bits per heavy atom. The van der Waals surface area contributed by atoms with Crippen LogP contribution in [0.25, 0.3) is 22.3 Å². The van der Waals surface area contributed by atoms with Crippen LogP contribution >= 0.6 is 35.1 Å². The van der Waals surface area contributed by atoms with Gasteiger partial charge in [-0.2, -0.15) is 0 Å². The molecule has 8 heteroatoms. The van der Waals surface area contributed by atoms with Gasteiger partial charge in [-0.25, -0.2) is 4.98 Å². The van der Waals surface area contributed by atoms with Crippen molar-refractivity contribution in [3.63, 3.8) is 0 Å². The lowest BCUT2D eigenvalue weighted by atomic mass is 10.2. The smallest absolute Gasteiger partial charge is 0.191 e. The zero-order valence-corrected chi connectivity index (χ0v) is 17.1. The normalized spacial score (nSPS) is 11.2. The third-order valence-electron chi connectivity index (χ3n) is 4.18. The molecule has 0 spiro atoms. The number of thioether (sulfide) groups is 2. The van der Waals surface area contributed by atoms with Gasteiger partial charge in [0.05, 0.1) is 5.52 Å². The van der Waals surface area contributed by atoms with E-state index in [-0.39, 0.29) is 0 Å². The summed E-state index contributed by atoms with van der Waals surface area (Å²) in [6.07, 6.45) is 5.55. The van der Waals surface area contributed by atoms with Gasteiger partial charge in [-0.3, -0.25) is 4.98 Å². The van der Waals surface area contributed by atoms with Crippen LogP contribution in [0.2, 0.25) is 5.15 Å². The van der Waals surface area contributed by atoms with Gasteiger partial charge in [-0.15, -0.1) is 22.0 Å². The molecule has 0 saturated heterocycles. The second-order valence-electron chi connectivity index (χ2n) is 5.89. The highest BCUT2D eigenvalue weighted by Crippen LogP contribution is 2.30. The molecule has 0 bridgehead atoms. The van der Waals surface area contributed by atoms with E-state index in [1.807, 2.05) is 23.7 Å². The van der Waals surface area contributed by atoms with Gasteiger partial charge in [0.2, 0.25) is 0 Å². The van der Waals surface area contributed by atoms with Crippen LogP contribution in [0.4, 0.5) is 0 Å². The largest absolute Gasteiger partial charge is 0.305 e.